The number of fused-ring (bicyclic) bond motifs is 1. The summed E-state index contributed by atoms with van der Waals surface area (Å²) in [6, 6.07) is 8.91. The molecule has 148 valence electrons. The summed E-state index contributed by atoms with van der Waals surface area (Å²) < 4.78 is 7.25. The smallest absolute Gasteiger partial charge is 0.327 e. The summed E-state index contributed by atoms with van der Waals surface area (Å²) in [6.07, 6.45) is 5.01. The van der Waals surface area contributed by atoms with Crippen molar-refractivity contribution in [2.75, 3.05) is 0 Å². The first-order valence-corrected chi connectivity index (χ1v) is 9.10. The summed E-state index contributed by atoms with van der Waals surface area (Å²) in [5.41, 5.74) is 0.827. The van der Waals surface area contributed by atoms with Crippen LogP contribution in [0.1, 0.15) is 24.1 Å². The predicted octanol–water partition coefficient (Wildman–Crippen LogP) is 0.121. The van der Waals surface area contributed by atoms with Crippen molar-refractivity contribution in [1.82, 2.24) is 29.5 Å². The number of ether oxygens (including phenoxy) is 1. The fraction of sp³-hybridized carbons (Fsp3) is 0.158. The zero-order chi connectivity index (χ0) is 20.7. The van der Waals surface area contributed by atoms with Crippen LogP contribution in [0.4, 0.5) is 0 Å². The van der Waals surface area contributed by atoms with Crippen LogP contribution in [-0.4, -0.2) is 40.7 Å². The van der Waals surface area contributed by atoms with E-state index in [1.54, 1.807) is 24.3 Å². The minimum atomic E-state index is -0.532. The summed E-state index contributed by atoms with van der Waals surface area (Å²) in [6.45, 7) is 0. The zero-order valence-corrected chi connectivity index (χ0v) is 15.4. The predicted molar refractivity (Wildman–Crippen MR) is 102 cm³/mol. The Morgan fingerprint density at radius 1 is 1.33 bits per heavy atom. The number of H-pyrrole nitrogens is 2. The highest BCUT2D eigenvalue weighted by Crippen LogP contribution is 2.22. The second kappa shape index (κ2) is 6.85. The highest BCUT2D eigenvalue weighted by molar-refractivity contribution is 5.56. The van der Waals surface area contributed by atoms with E-state index in [9.17, 15) is 9.90 Å². The Hall–Kier alpha value is -4.46. The number of imidazole rings is 1. The fourth-order valence-electron chi connectivity index (χ4n) is 2.84. The number of hydrogen-bond acceptors (Lipinski definition) is 8. The summed E-state index contributed by atoms with van der Waals surface area (Å²) in [5, 5.41) is 23.7. The average Bonchev–Trinajstić information content (AvgIpc) is 3.37. The largest absolute Gasteiger partial charge is 0.493 e. The van der Waals surface area contributed by atoms with Crippen LogP contribution in [0.3, 0.4) is 0 Å². The van der Waals surface area contributed by atoms with Gasteiger partial charge in [0.1, 0.15) is 11.4 Å². The van der Waals surface area contributed by atoms with E-state index < -0.39 is 5.69 Å². The van der Waals surface area contributed by atoms with Crippen LogP contribution in [0.25, 0.3) is 11.7 Å². The molecule has 0 atom stereocenters. The third-order valence-corrected chi connectivity index (χ3v) is 4.41. The normalized spacial score (nSPS) is 14.9. The van der Waals surface area contributed by atoms with Gasteiger partial charge in [-0.3, -0.25) is 4.98 Å². The van der Waals surface area contributed by atoms with Crippen LogP contribution >= 0.6 is 0 Å². The third kappa shape index (κ3) is 3.37. The lowest BCUT2D eigenvalue weighted by molar-refractivity contribution is 0.435. The third-order valence-electron chi connectivity index (χ3n) is 4.41. The van der Waals surface area contributed by atoms with E-state index in [0.717, 1.165) is 12.8 Å². The van der Waals surface area contributed by atoms with E-state index in [0.29, 0.717) is 27.8 Å². The van der Waals surface area contributed by atoms with Gasteiger partial charge in [-0.15, -0.1) is 0 Å². The van der Waals surface area contributed by atoms with Crippen LogP contribution in [0, 0.1) is 11.3 Å². The molecule has 30 heavy (non-hydrogen) atoms. The molecule has 11 nitrogen and oxygen atoms in total. The molecule has 0 bridgehead atoms. The number of benzene rings is 1. The molecular formula is C19H14N8O3. The van der Waals surface area contributed by atoms with E-state index >= 15 is 0 Å². The van der Waals surface area contributed by atoms with Crippen molar-refractivity contribution in [3.63, 3.8) is 0 Å². The maximum atomic E-state index is 11.4. The summed E-state index contributed by atoms with van der Waals surface area (Å²) in [5.74, 6) is 0.120. The Labute approximate surface area is 167 Å². The number of hydrogen-bond donors (Lipinski definition) is 3. The highest BCUT2D eigenvalue weighted by Gasteiger charge is 2.21. The number of aromatic hydroxyl groups is 1. The van der Waals surface area contributed by atoms with Crippen LogP contribution in [0.15, 0.2) is 40.2 Å². The Balaban J connectivity index is 1.67. The number of nitriles is 1. The topological polar surface area (TPSA) is 157 Å². The average molecular weight is 402 g/mol. The fourth-order valence-corrected chi connectivity index (χ4v) is 2.84. The summed E-state index contributed by atoms with van der Waals surface area (Å²) >= 11 is 0. The van der Waals surface area contributed by atoms with Crippen molar-refractivity contribution in [1.29, 1.82) is 5.26 Å². The summed E-state index contributed by atoms with van der Waals surface area (Å²) in [7, 11) is 0. The second-order valence-corrected chi connectivity index (χ2v) is 6.73. The molecule has 0 spiro atoms. The molecule has 3 aromatic heterocycles. The SMILES string of the molecule is N#Cc1cccc(Oc2nc(=NC3CC3)n3nc/c(=C/c4[nH]c(=O)[nH]c4O)c3n2)c1. The van der Waals surface area contributed by atoms with Gasteiger partial charge in [0.05, 0.1) is 23.9 Å². The van der Waals surface area contributed by atoms with E-state index in [2.05, 4.69) is 36.1 Å². The first kappa shape index (κ1) is 17.6. The van der Waals surface area contributed by atoms with Crippen molar-refractivity contribution in [3.05, 3.63) is 63.0 Å². The molecule has 1 fully saturated rings. The molecule has 3 N–H and O–H groups in total. The van der Waals surface area contributed by atoms with Gasteiger partial charge in [-0.05, 0) is 37.1 Å². The minimum Gasteiger partial charge on any atom is -0.493 e. The minimum absolute atomic E-state index is 0.0407. The molecule has 11 heteroatoms. The molecule has 0 aliphatic heterocycles. The molecule has 0 amide bonds. The van der Waals surface area contributed by atoms with Crippen molar-refractivity contribution >= 4 is 11.7 Å². The quantitative estimate of drug-likeness (QED) is 0.437. The van der Waals surface area contributed by atoms with E-state index in [1.807, 2.05) is 0 Å². The molecule has 0 saturated heterocycles. The molecule has 5 rings (SSSR count). The first-order valence-electron chi connectivity index (χ1n) is 9.10. The molecule has 1 saturated carbocycles. The number of nitrogens with one attached hydrogen (secondary N) is 2. The van der Waals surface area contributed by atoms with Crippen molar-refractivity contribution < 1.29 is 9.84 Å². The van der Waals surface area contributed by atoms with E-state index in [4.69, 9.17) is 10.00 Å². The van der Waals surface area contributed by atoms with Crippen LogP contribution in [0.2, 0.25) is 0 Å². The maximum absolute atomic E-state index is 11.4. The molecule has 1 aliphatic rings. The van der Waals surface area contributed by atoms with Crippen molar-refractivity contribution in [2.24, 2.45) is 4.99 Å². The van der Waals surface area contributed by atoms with Gasteiger partial charge in [0.15, 0.2) is 5.65 Å². The molecule has 1 aliphatic carbocycles. The molecular weight excluding hydrogens is 388 g/mol. The van der Waals surface area contributed by atoms with Gasteiger partial charge in [-0.25, -0.2) is 9.79 Å². The van der Waals surface area contributed by atoms with Gasteiger partial charge < -0.3 is 14.8 Å². The molecule has 3 heterocycles. The lowest BCUT2D eigenvalue weighted by Crippen LogP contribution is -2.23. The Morgan fingerprint density at radius 2 is 2.20 bits per heavy atom. The van der Waals surface area contributed by atoms with E-state index in [-0.39, 0.29) is 23.6 Å². The Kier molecular flexibility index (Phi) is 4.03. The number of rotatable bonds is 4. The van der Waals surface area contributed by atoms with Crippen molar-refractivity contribution in [2.45, 2.75) is 18.9 Å². The van der Waals surface area contributed by atoms with Gasteiger partial charge in [0.2, 0.25) is 5.88 Å². The first-order chi connectivity index (χ1) is 14.6. The molecule has 4 aromatic rings. The van der Waals surface area contributed by atoms with Gasteiger partial charge in [0.25, 0.3) is 5.62 Å². The highest BCUT2D eigenvalue weighted by atomic mass is 16.5. The Morgan fingerprint density at radius 3 is 2.93 bits per heavy atom. The lowest BCUT2D eigenvalue weighted by atomic mass is 10.2. The van der Waals surface area contributed by atoms with Gasteiger partial charge in [0, 0.05) is 5.22 Å². The van der Waals surface area contributed by atoms with E-state index in [1.165, 1.54) is 16.8 Å². The Bertz CT molecular complexity index is 1490. The van der Waals surface area contributed by atoms with Crippen molar-refractivity contribution in [3.8, 4) is 23.7 Å². The van der Waals surface area contributed by atoms with Gasteiger partial charge in [-0.2, -0.15) is 24.8 Å². The summed E-state index contributed by atoms with van der Waals surface area (Å²) in [4.78, 5) is 29.5. The van der Waals surface area contributed by atoms with Gasteiger partial charge in [-0.1, -0.05) is 6.07 Å². The zero-order valence-electron chi connectivity index (χ0n) is 15.4. The maximum Gasteiger partial charge on any atom is 0.327 e. The van der Waals surface area contributed by atoms with Crippen LogP contribution < -0.4 is 21.3 Å². The molecule has 0 unspecified atom stereocenters. The number of aromatic amines is 2. The molecule has 1 aromatic carbocycles. The number of aromatic nitrogens is 6. The standard InChI is InChI=1S/C19H14N8O3/c20-8-10-2-1-3-13(6-10)30-19-24-15-11(7-14-16(28)25-18(29)23-14)9-21-27(15)17(26-19)22-12-4-5-12/h1-3,6-7,9,12,28H,4-5H2,(H2,23,25,29)/b11-7-,22-17?. The monoisotopic (exact) mass is 402 g/mol. The van der Waals surface area contributed by atoms with Crippen LogP contribution in [0.5, 0.6) is 17.6 Å². The second-order valence-electron chi connectivity index (χ2n) is 6.73. The van der Waals surface area contributed by atoms with Gasteiger partial charge >= 0.3 is 11.7 Å². The molecule has 0 radical (unpaired) electrons. The van der Waals surface area contributed by atoms with Crippen LogP contribution in [-0.2, 0) is 0 Å². The number of nitrogens with zero attached hydrogens (tertiary/aromatic N) is 6. The lowest BCUT2D eigenvalue weighted by Gasteiger charge is -2.04.